The summed E-state index contributed by atoms with van der Waals surface area (Å²) in [5.74, 6) is 0.0672. The Morgan fingerprint density at radius 3 is 2.46 bits per heavy atom. The molecule has 0 bridgehead atoms. The van der Waals surface area contributed by atoms with Gasteiger partial charge in [-0.05, 0) is 92.7 Å². The molecule has 1 atom stereocenters. The van der Waals surface area contributed by atoms with Gasteiger partial charge in [0.1, 0.15) is 24.2 Å². The van der Waals surface area contributed by atoms with Gasteiger partial charge in [-0.2, -0.15) is 9.78 Å². The third kappa shape index (κ3) is 5.79. The molecule has 216 valence electrons. The Morgan fingerprint density at radius 2 is 1.73 bits per heavy atom. The number of carbonyl (C=O) groups excluding carboxylic acids is 2. The molecule has 0 radical (unpaired) electrons. The highest BCUT2D eigenvalue weighted by Gasteiger charge is 2.37. The van der Waals surface area contributed by atoms with Crippen molar-refractivity contribution in [1.82, 2.24) is 20.0 Å². The molecule has 3 aromatic rings. The van der Waals surface area contributed by atoms with Crippen LogP contribution >= 0.6 is 0 Å². The second-order valence-electron chi connectivity index (χ2n) is 11.7. The quantitative estimate of drug-likeness (QED) is 0.521. The zero-order chi connectivity index (χ0) is 28.6. The van der Waals surface area contributed by atoms with Crippen molar-refractivity contribution in [2.24, 2.45) is 5.41 Å². The number of nitrogens with one attached hydrogen (secondary N) is 1. The van der Waals surface area contributed by atoms with Crippen LogP contribution in [-0.2, 0) is 11.2 Å². The second-order valence-corrected chi connectivity index (χ2v) is 11.7. The summed E-state index contributed by atoms with van der Waals surface area (Å²) in [5.41, 5.74) is 3.95. The average molecular weight is 561 g/mol. The van der Waals surface area contributed by atoms with E-state index in [1.807, 2.05) is 12.1 Å². The molecule has 2 aromatic carbocycles. The Labute approximate surface area is 239 Å². The number of hydrogen-bond donors (Lipinski definition) is 1. The molecule has 1 spiro atoms. The lowest BCUT2D eigenvalue weighted by atomic mass is 9.71. The number of likely N-dealkylation sites (N-methyl/N-ethyl adjacent to an activating group) is 1. The Balaban J connectivity index is 1.09. The highest BCUT2D eigenvalue weighted by Crippen LogP contribution is 2.43. The molecule has 10 heteroatoms. The number of fused-ring (bicyclic) bond motifs is 1. The van der Waals surface area contributed by atoms with Gasteiger partial charge in [-0.25, -0.2) is 9.18 Å². The normalized spacial score (nSPS) is 20.9. The SMILES string of the molecule is CN1CCC2(CC1)CCN(c1ccc3c(c1)N(C)C(=O)[C@H](NC(=O)n1cc(Cc4ccc(F)cc4)cn1)CO3)CC2. The number of amides is 2. The van der Waals surface area contributed by atoms with Gasteiger partial charge in [0.2, 0.25) is 0 Å². The van der Waals surface area contributed by atoms with Crippen LogP contribution in [0.15, 0.2) is 54.9 Å². The molecule has 41 heavy (non-hydrogen) atoms. The maximum Gasteiger partial charge on any atom is 0.342 e. The first-order valence-electron chi connectivity index (χ1n) is 14.4. The number of rotatable bonds is 4. The van der Waals surface area contributed by atoms with Crippen molar-refractivity contribution in [1.29, 1.82) is 0 Å². The lowest BCUT2D eigenvalue weighted by Crippen LogP contribution is -2.50. The summed E-state index contributed by atoms with van der Waals surface area (Å²) >= 11 is 0. The summed E-state index contributed by atoms with van der Waals surface area (Å²) in [7, 11) is 3.93. The number of ether oxygens (including phenoxy) is 1. The maximum absolute atomic E-state index is 13.4. The van der Waals surface area contributed by atoms with Crippen molar-refractivity contribution in [3.8, 4) is 5.75 Å². The van der Waals surface area contributed by atoms with Gasteiger partial charge in [0, 0.05) is 38.4 Å². The zero-order valence-corrected chi connectivity index (χ0v) is 23.7. The van der Waals surface area contributed by atoms with Crippen molar-refractivity contribution in [2.75, 3.05) is 56.7 Å². The molecule has 6 rings (SSSR count). The third-order valence-electron chi connectivity index (χ3n) is 9.04. The minimum atomic E-state index is -0.868. The van der Waals surface area contributed by atoms with Gasteiger partial charge >= 0.3 is 6.03 Å². The smallest absolute Gasteiger partial charge is 0.342 e. The van der Waals surface area contributed by atoms with Gasteiger partial charge in [0.15, 0.2) is 0 Å². The minimum Gasteiger partial charge on any atom is -0.489 e. The first-order valence-corrected chi connectivity index (χ1v) is 14.4. The lowest BCUT2D eigenvalue weighted by molar-refractivity contribution is -0.120. The molecule has 0 saturated carbocycles. The maximum atomic E-state index is 13.4. The third-order valence-corrected chi connectivity index (χ3v) is 9.04. The number of carbonyl (C=O) groups is 2. The molecule has 2 saturated heterocycles. The topological polar surface area (TPSA) is 82.9 Å². The standard InChI is InChI=1S/C31H37FN6O3/c1-35-13-9-31(10-14-35)11-15-37(16-12-31)25-7-8-28-27(18-25)36(2)29(39)26(21-41-28)34-30(40)38-20-23(19-33-38)17-22-3-5-24(32)6-4-22/h3-8,18-20,26H,9-17,21H2,1-2H3,(H,34,40)/t26-/m1/s1. The molecule has 2 amide bonds. The first-order chi connectivity index (χ1) is 19.8. The van der Waals surface area contributed by atoms with Gasteiger partial charge in [0.05, 0.1) is 11.9 Å². The van der Waals surface area contributed by atoms with Gasteiger partial charge < -0.3 is 24.8 Å². The second kappa shape index (κ2) is 11.2. The van der Waals surface area contributed by atoms with Crippen molar-refractivity contribution in [2.45, 2.75) is 38.1 Å². The van der Waals surface area contributed by atoms with E-state index in [2.05, 4.69) is 33.3 Å². The van der Waals surface area contributed by atoms with E-state index in [-0.39, 0.29) is 18.3 Å². The molecule has 3 aliphatic heterocycles. The Hall–Kier alpha value is -3.92. The largest absolute Gasteiger partial charge is 0.489 e. The molecule has 3 aliphatic rings. The molecule has 4 heterocycles. The number of piperidine rings is 2. The van der Waals surface area contributed by atoms with Crippen molar-refractivity contribution >= 4 is 23.3 Å². The van der Waals surface area contributed by atoms with E-state index >= 15 is 0 Å². The Morgan fingerprint density at radius 1 is 1.02 bits per heavy atom. The average Bonchev–Trinajstić information content (AvgIpc) is 3.42. The molecular formula is C31H37FN6O3. The molecule has 0 aliphatic carbocycles. The monoisotopic (exact) mass is 560 g/mol. The number of nitrogens with zero attached hydrogens (tertiary/aromatic N) is 5. The van der Waals surface area contributed by atoms with Gasteiger partial charge in [0.25, 0.3) is 5.91 Å². The van der Waals surface area contributed by atoms with Crippen molar-refractivity contribution in [3.05, 3.63) is 71.8 Å². The number of aromatic nitrogens is 2. The van der Waals surface area contributed by atoms with E-state index < -0.39 is 12.1 Å². The van der Waals surface area contributed by atoms with Crippen LogP contribution in [0.2, 0.25) is 0 Å². The van der Waals surface area contributed by atoms with Gasteiger partial charge in [-0.1, -0.05) is 12.1 Å². The van der Waals surface area contributed by atoms with Crippen LogP contribution < -0.4 is 19.9 Å². The van der Waals surface area contributed by atoms with Crippen LogP contribution in [0.5, 0.6) is 5.75 Å². The van der Waals surface area contributed by atoms with Crippen LogP contribution in [-0.4, -0.2) is 79.5 Å². The Bertz CT molecular complexity index is 1410. The summed E-state index contributed by atoms with van der Waals surface area (Å²) < 4.78 is 20.4. The molecule has 9 nitrogen and oxygen atoms in total. The fraction of sp³-hybridized carbons (Fsp3) is 0.452. The van der Waals surface area contributed by atoms with Crippen LogP contribution in [0, 0.1) is 11.2 Å². The lowest BCUT2D eigenvalue weighted by Gasteiger charge is -2.47. The molecular weight excluding hydrogens is 523 g/mol. The summed E-state index contributed by atoms with van der Waals surface area (Å²) in [6.45, 7) is 4.39. The predicted octanol–water partition coefficient (Wildman–Crippen LogP) is 3.91. The van der Waals surface area contributed by atoms with Crippen LogP contribution in [0.1, 0.15) is 36.8 Å². The first kappa shape index (κ1) is 27.3. The summed E-state index contributed by atoms with van der Waals surface area (Å²) in [6.07, 6.45) is 8.63. The predicted molar refractivity (Wildman–Crippen MR) is 155 cm³/mol. The fourth-order valence-corrected chi connectivity index (χ4v) is 6.23. The summed E-state index contributed by atoms with van der Waals surface area (Å²) in [5, 5.41) is 6.93. The van der Waals surface area contributed by atoms with Gasteiger partial charge in [-0.3, -0.25) is 4.79 Å². The summed E-state index contributed by atoms with van der Waals surface area (Å²) in [6, 6.07) is 10.8. The highest BCUT2D eigenvalue weighted by molar-refractivity contribution is 6.01. The Kier molecular flexibility index (Phi) is 7.42. The number of anilines is 2. The van der Waals surface area contributed by atoms with E-state index in [1.54, 1.807) is 36.5 Å². The number of halogens is 1. The van der Waals surface area contributed by atoms with E-state index in [0.717, 1.165) is 29.9 Å². The molecule has 1 aromatic heterocycles. The van der Waals surface area contributed by atoms with E-state index in [1.165, 1.54) is 55.6 Å². The number of benzene rings is 2. The fourth-order valence-electron chi connectivity index (χ4n) is 6.23. The van der Waals surface area contributed by atoms with Crippen molar-refractivity contribution < 1.29 is 18.7 Å². The van der Waals surface area contributed by atoms with E-state index in [4.69, 9.17) is 4.74 Å². The van der Waals surface area contributed by atoms with E-state index in [0.29, 0.717) is 23.3 Å². The molecule has 1 N–H and O–H groups in total. The van der Waals surface area contributed by atoms with Gasteiger partial charge in [-0.15, -0.1) is 0 Å². The number of likely N-dealkylation sites (tertiary alicyclic amines) is 1. The van der Waals surface area contributed by atoms with Crippen molar-refractivity contribution in [3.63, 3.8) is 0 Å². The van der Waals surface area contributed by atoms with Crippen LogP contribution in [0.4, 0.5) is 20.6 Å². The number of hydrogen-bond acceptors (Lipinski definition) is 6. The minimum absolute atomic E-state index is 0.0195. The van der Waals surface area contributed by atoms with Crippen LogP contribution in [0.3, 0.4) is 0 Å². The van der Waals surface area contributed by atoms with Crippen LogP contribution in [0.25, 0.3) is 0 Å². The molecule has 2 fully saturated rings. The summed E-state index contributed by atoms with van der Waals surface area (Å²) in [4.78, 5) is 32.8. The zero-order valence-electron chi connectivity index (χ0n) is 23.7. The highest BCUT2D eigenvalue weighted by atomic mass is 19.1. The molecule has 0 unspecified atom stereocenters. The van der Waals surface area contributed by atoms with E-state index in [9.17, 15) is 14.0 Å².